The minimum absolute atomic E-state index is 0.289. The van der Waals surface area contributed by atoms with Crippen LogP contribution in [0.5, 0.6) is 0 Å². The van der Waals surface area contributed by atoms with Crippen LogP contribution < -0.4 is 5.32 Å². The highest BCUT2D eigenvalue weighted by atomic mass is 35.5. The van der Waals surface area contributed by atoms with Crippen LogP contribution in [0.3, 0.4) is 0 Å². The standard InChI is InChI=1S/C11H16ClFN2/c1-9(3-2-4-12)15-7-10-5-11(13)8-14-6-10/h5-6,8-9,15H,2-4,7H2,1H3. The summed E-state index contributed by atoms with van der Waals surface area (Å²) >= 11 is 5.60. The van der Waals surface area contributed by atoms with Crippen LogP contribution in [0.2, 0.25) is 0 Å². The summed E-state index contributed by atoms with van der Waals surface area (Å²) in [5, 5.41) is 3.30. The van der Waals surface area contributed by atoms with Gasteiger partial charge in [-0.2, -0.15) is 0 Å². The van der Waals surface area contributed by atoms with Crippen LogP contribution in [0.25, 0.3) is 0 Å². The fourth-order valence-corrected chi connectivity index (χ4v) is 1.48. The highest BCUT2D eigenvalue weighted by Gasteiger charge is 2.01. The Bertz CT molecular complexity index is 294. The molecule has 1 unspecified atom stereocenters. The zero-order chi connectivity index (χ0) is 11.1. The van der Waals surface area contributed by atoms with E-state index in [2.05, 4.69) is 17.2 Å². The van der Waals surface area contributed by atoms with Crippen LogP contribution in [0.1, 0.15) is 25.3 Å². The first-order valence-electron chi connectivity index (χ1n) is 5.11. The van der Waals surface area contributed by atoms with Crippen molar-refractivity contribution in [2.24, 2.45) is 0 Å². The number of aromatic nitrogens is 1. The van der Waals surface area contributed by atoms with Crippen molar-refractivity contribution in [1.82, 2.24) is 10.3 Å². The largest absolute Gasteiger partial charge is 0.310 e. The van der Waals surface area contributed by atoms with E-state index >= 15 is 0 Å². The molecule has 84 valence electrons. The molecule has 0 saturated heterocycles. The fraction of sp³-hybridized carbons (Fsp3) is 0.545. The zero-order valence-electron chi connectivity index (χ0n) is 8.84. The van der Waals surface area contributed by atoms with E-state index in [0.29, 0.717) is 18.5 Å². The molecule has 1 aromatic rings. The van der Waals surface area contributed by atoms with Crippen molar-refractivity contribution in [2.45, 2.75) is 32.4 Å². The number of alkyl halides is 1. The van der Waals surface area contributed by atoms with Gasteiger partial charge in [-0.25, -0.2) is 4.39 Å². The second kappa shape index (κ2) is 6.75. The van der Waals surface area contributed by atoms with Crippen LogP contribution in [-0.2, 0) is 6.54 Å². The maximum absolute atomic E-state index is 12.8. The van der Waals surface area contributed by atoms with Gasteiger partial charge in [0.25, 0.3) is 0 Å². The molecular weight excluding hydrogens is 215 g/mol. The highest BCUT2D eigenvalue weighted by molar-refractivity contribution is 6.17. The molecule has 1 atom stereocenters. The van der Waals surface area contributed by atoms with Crippen molar-refractivity contribution >= 4 is 11.6 Å². The van der Waals surface area contributed by atoms with Crippen LogP contribution in [0.4, 0.5) is 4.39 Å². The van der Waals surface area contributed by atoms with Gasteiger partial charge in [-0.3, -0.25) is 4.98 Å². The second-order valence-electron chi connectivity index (χ2n) is 3.62. The Morgan fingerprint density at radius 2 is 2.33 bits per heavy atom. The van der Waals surface area contributed by atoms with Gasteiger partial charge in [0, 0.05) is 24.7 Å². The minimum Gasteiger partial charge on any atom is -0.310 e. The first kappa shape index (κ1) is 12.4. The van der Waals surface area contributed by atoms with E-state index in [1.807, 2.05) is 0 Å². The molecule has 0 saturated carbocycles. The summed E-state index contributed by atoms with van der Waals surface area (Å²) in [7, 11) is 0. The average Bonchev–Trinajstić information content (AvgIpc) is 2.23. The Kier molecular flexibility index (Phi) is 5.58. The number of halogens is 2. The third-order valence-electron chi connectivity index (χ3n) is 2.19. The van der Waals surface area contributed by atoms with E-state index in [-0.39, 0.29) is 5.82 Å². The lowest BCUT2D eigenvalue weighted by Gasteiger charge is -2.12. The average molecular weight is 231 g/mol. The molecule has 0 aromatic carbocycles. The van der Waals surface area contributed by atoms with Gasteiger partial charge in [0.05, 0.1) is 6.20 Å². The van der Waals surface area contributed by atoms with Gasteiger partial charge < -0.3 is 5.32 Å². The Morgan fingerprint density at radius 1 is 1.53 bits per heavy atom. The molecule has 15 heavy (non-hydrogen) atoms. The minimum atomic E-state index is -0.289. The molecule has 0 radical (unpaired) electrons. The molecule has 0 bridgehead atoms. The van der Waals surface area contributed by atoms with Crippen LogP contribution in [0.15, 0.2) is 18.5 Å². The topological polar surface area (TPSA) is 24.9 Å². The lowest BCUT2D eigenvalue weighted by molar-refractivity contribution is 0.507. The van der Waals surface area contributed by atoms with E-state index < -0.39 is 0 Å². The summed E-state index contributed by atoms with van der Waals surface area (Å²) in [4.78, 5) is 3.79. The Labute approximate surface area is 94.9 Å². The molecule has 2 nitrogen and oxygen atoms in total. The third kappa shape index (κ3) is 5.09. The molecule has 0 aliphatic rings. The Morgan fingerprint density at radius 3 is 3.00 bits per heavy atom. The number of rotatable bonds is 6. The van der Waals surface area contributed by atoms with Crippen LogP contribution in [-0.4, -0.2) is 16.9 Å². The van der Waals surface area contributed by atoms with Crippen LogP contribution in [0, 0.1) is 5.82 Å². The van der Waals surface area contributed by atoms with E-state index in [4.69, 9.17) is 11.6 Å². The van der Waals surface area contributed by atoms with Crippen molar-refractivity contribution in [2.75, 3.05) is 5.88 Å². The third-order valence-corrected chi connectivity index (χ3v) is 2.45. The summed E-state index contributed by atoms with van der Waals surface area (Å²) in [5.41, 5.74) is 0.868. The number of nitrogens with zero attached hydrogens (tertiary/aromatic N) is 1. The molecule has 0 aliphatic heterocycles. The molecule has 0 amide bonds. The van der Waals surface area contributed by atoms with Gasteiger partial charge in [0.15, 0.2) is 0 Å². The van der Waals surface area contributed by atoms with Crippen molar-refractivity contribution in [3.63, 3.8) is 0 Å². The molecule has 1 rings (SSSR count). The van der Waals surface area contributed by atoms with Gasteiger partial charge in [-0.1, -0.05) is 0 Å². The van der Waals surface area contributed by atoms with Gasteiger partial charge >= 0.3 is 0 Å². The number of nitrogens with one attached hydrogen (secondary N) is 1. The first-order chi connectivity index (χ1) is 7.22. The maximum atomic E-state index is 12.8. The van der Waals surface area contributed by atoms with Crippen molar-refractivity contribution in [3.8, 4) is 0 Å². The zero-order valence-corrected chi connectivity index (χ0v) is 9.60. The number of pyridine rings is 1. The summed E-state index contributed by atoms with van der Waals surface area (Å²) < 4.78 is 12.8. The van der Waals surface area contributed by atoms with E-state index in [9.17, 15) is 4.39 Å². The first-order valence-corrected chi connectivity index (χ1v) is 5.64. The summed E-state index contributed by atoms with van der Waals surface area (Å²) in [6.45, 7) is 2.74. The van der Waals surface area contributed by atoms with E-state index in [1.54, 1.807) is 6.20 Å². The lowest BCUT2D eigenvalue weighted by Crippen LogP contribution is -2.25. The van der Waals surface area contributed by atoms with Crippen molar-refractivity contribution in [1.29, 1.82) is 0 Å². The van der Waals surface area contributed by atoms with E-state index in [0.717, 1.165) is 18.4 Å². The molecule has 0 spiro atoms. The summed E-state index contributed by atoms with van der Waals surface area (Å²) in [6.07, 6.45) is 4.91. The molecular formula is C11H16ClFN2. The lowest BCUT2D eigenvalue weighted by atomic mass is 10.2. The molecule has 0 aliphatic carbocycles. The predicted molar refractivity (Wildman–Crippen MR) is 60.5 cm³/mol. The highest BCUT2D eigenvalue weighted by Crippen LogP contribution is 2.03. The summed E-state index contributed by atoms with van der Waals surface area (Å²) in [5.74, 6) is 0.399. The van der Waals surface area contributed by atoms with Gasteiger partial charge in [0.2, 0.25) is 0 Å². The predicted octanol–water partition coefficient (Wildman–Crippen LogP) is 2.72. The SMILES string of the molecule is CC(CCCCl)NCc1cncc(F)c1. The van der Waals surface area contributed by atoms with E-state index in [1.165, 1.54) is 12.3 Å². The summed E-state index contributed by atoms with van der Waals surface area (Å²) in [6, 6.07) is 1.89. The molecule has 0 fully saturated rings. The van der Waals surface area contributed by atoms with Gasteiger partial charge in [-0.05, 0) is 31.4 Å². The monoisotopic (exact) mass is 230 g/mol. The molecule has 1 heterocycles. The fourth-order valence-electron chi connectivity index (χ4n) is 1.33. The quantitative estimate of drug-likeness (QED) is 0.761. The molecule has 4 heteroatoms. The molecule has 1 N–H and O–H groups in total. The molecule has 1 aromatic heterocycles. The van der Waals surface area contributed by atoms with Crippen LogP contribution >= 0.6 is 11.6 Å². The Hall–Kier alpha value is -0.670. The number of hydrogen-bond donors (Lipinski definition) is 1. The van der Waals surface area contributed by atoms with Crippen molar-refractivity contribution < 1.29 is 4.39 Å². The number of hydrogen-bond acceptors (Lipinski definition) is 2. The van der Waals surface area contributed by atoms with Gasteiger partial charge in [-0.15, -0.1) is 11.6 Å². The normalized spacial score (nSPS) is 12.7. The second-order valence-corrected chi connectivity index (χ2v) is 4.00. The maximum Gasteiger partial charge on any atom is 0.141 e. The van der Waals surface area contributed by atoms with Crippen molar-refractivity contribution in [3.05, 3.63) is 29.8 Å². The smallest absolute Gasteiger partial charge is 0.141 e. The van der Waals surface area contributed by atoms with Gasteiger partial charge in [0.1, 0.15) is 5.82 Å². The Balaban J connectivity index is 2.30.